The Morgan fingerprint density at radius 3 is 2.56 bits per heavy atom. The van der Waals surface area contributed by atoms with Crippen LogP contribution in [0.15, 0.2) is 18.2 Å². The van der Waals surface area contributed by atoms with Gasteiger partial charge in [-0.3, -0.25) is 9.59 Å². The van der Waals surface area contributed by atoms with Crippen LogP contribution in [0.5, 0.6) is 0 Å². The normalized spacial score (nSPS) is 10.1. The summed E-state index contributed by atoms with van der Waals surface area (Å²) in [6.07, 6.45) is 0.683. The maximum absolute atomic E-state index is 11.5. The Morgan fingerprint density at radius 2 is 1.94 bits per heavy atom. The fraction of sp³-hybridized carbons (Fsp3) is 0.429. The van der Waals surface area contributed by atoms with Gasteiger partial charge < -0.3 is 10.4 Å². The van der Waals surface area contributed by atoms with Crippen LogP contribution in [-0.2, 0) is 16.1 Å². The summed E-state index contributed by atoms with van der Waals surface area (Å²) in [5.41, 5.74) is 3.44. The molecule has 0 fully saturated rings. The van der Waals surface area contributed by atoms with E-state index in [1.54, 1.807) is 0 Å². The molecule has 0 aliphatic heterocycles. The van der Waals surface area contributed by atoms with Crippen molar-refractivity contribution in [1.29, 1.82) is 0 Å². The molecule has 1 rings (SSSR count). The van der Waals surface area contributed by atoms with E-state index in [-0.39, 0.29) is 18.7 Å². The first-order valence-corrected chi connectivity index (χ1v) is 6.03. The second kappa shape index (κ2) is 6.79. The van der Waals surface area contributed by atoms with Gasteiger partial charge in [-0.2, -0.15) is 0 Å². The number of amides is 1. The Hall–Kier alpha value is -1.84. The van der Waals surface area contributed by atoms with Crippen LogP contribution < -0.4 is 5.32 Å². The Bertz CT molecular complexity index is 441. The highest BCUT2D eigenvalue weighted by Crippen LogP contribution is 2.10. The number of hydrogen-bond donors (Lipinski definition) is 2. The monoisotopic (exact) mass is 249 g/mol. The summed E-state index contributed by atoms with van der Waals surface area (Å²) in [5.74, 6) is -0.964. The lowest BCUT2D eigenvalue weighted by atomic mass is 10.1. The number of carboxylic acid groups (broad SMARTS) is 1. The first-order valence-electron chi connectivity index (χ1n) is 6.03. The van der Waals surface area contributed by atoms with Crippen LogP contribution in [0.1, 0.15) is 36.0 Å². The molecule has 0 bridgehead atoms. The van der Waals surface area contributed by atoms with Crippen LogP contribution in [0.2, 0.25) is 0 Å². The maximum atomic E-state index is 11.5. The second-order valence-electron chi connectivity index (χ2n) is 4.45. The number of carbonyl (C=O) groups excluding carboxylic acids is 1. The zero-order valence-electron chi connectivity index (χ0n) is 10.8. The molecule has 2 N–H and O–H groups in total. The van der Waals surface area contributed by atoms with E-state index in [2.05, 4.69) is 11.4 Å². The Balaban J connectivity index is 2.36. The van der Waals surface area contributed by atoms with Gasteiger partial charge in [0, 0.05) is 19.4 Å². The highest BCUT2D eigenvalue weighted by atomic mass is 16.4. The third-order valence-electron chi connectivity index (χ3n) is 2.77. The number of rotatable bonds is 6. The number of aliphatic carboxylic acids is 1. The van der Waals surface area contributed by atoms with Crippen LogP contribution >= 0.6 is 0 Å². The van der Waals surface area contributed by atoms with Crippen LogP contribution in [0.25, 0.3) is 0 Å². The van der Waals surface area contributed by atoms with E-state index in [1.165, 1.54) is 5.56 Å². The largest absolute Gasteiger partial charge is 0.481 e. The lowest BCUT2D eigenvalue weighted by Gasteiger charge is -2.08. The third kappa shape index (κ3) is 4.99. The van der Waals surface area contributed by atoms with Crippen molar-refractivity contribution in [3.63, 3.8) is 0 Å². The minimum absolute atomic E-state index is 0.0387. The number of benzene rings is 1. The number of hydrogen-bond acceptors (Lipinski definition) is 2. The summed E-state index contributed by atoms with van der Waals surface area (Å²) in [5, 5.41) is 11.3. The molecular weight excluding hydrogens is 230 g/mol. The highest BCUT2D eigenvalue weighted by Gasteiger charge is 2.05. The van der Waals surface area contributed by atoms with Gasteiger partial charge in [0.05, 0.1) is 0 Å². The molecule has 98 valence electrons. The average Bonchev–Trinajstić information content (AvgIpc) is 2.27. The molecule has 1 aromatic carbocycles. The summed E-state index contributed by atoms with van der Waals surface area (Å²) in [6, 6.07) is 6.09. The van der Waals surface area contributed by atoms with Gasteiger partial charge in [0.15, 0.2) is 0 Å². The van der Waals surface area contributed by atoms with Crippen molar-refractivity contribution in [2.45, 2.75) is 39.7 Å². The van der Waals surface area contributed by atoms with E-state index in [4.69, 9.17) is 5.11 Å². The maximum Gasteiger partial charge on any atom is 0.303 e. The molecule has 4 heteroatoms. The zero-order chi connectivity index (χ0) is 13.5. The molecule has 0 atom stereocenters. The van der Waals surface area contributed by atoms with Gasteiger partial charge in [-0.05, 0) is 31.4 Å². The van der Waals surface area contributed by atoms with Crippen molar-refractivity contribution in [2.75, 3.05) is 0 Å². The minimum atomic E-state index is -0.864. The van der Waals surface area contributed by atoms with E-state index < -0.39 is 5.97 Å². The van der Waals surface area contributed by atoms with Gasteiger partial charge in [-0.15, -0.1) is 0 Å². The molecule has 0 saturated carbocycles. The minimum Gasteiger partial charge on any atom is -0.481 e. The molecule has 18 heavy (non-hydrogen) atoms. The van der Waals surface area contributed by atoms with Crippen LogP contribution in [0.3, 0.4) is 0 Å². The van der Waals surface area contributed by atoms with Crippen molar-refractivity contribution < 1.29 is 14.7 Å². The third-order valence-corrected chi connectivity index (χ3v) is 2.77. The summed E-state index contributed by atoms with van der Waals surface area (Å²) in [7, 11) is 0. The number of aryl methyl sites for hydroxylation is 2. The number of nitrogens with one attached hydrogen (secondary N) is 1. The summed E-state index contributed by atoms with van der Waals surface area (Å²) in [4.78, 5) is 21.8. The molecule has 4 nitrogen and oxygen atoms in total. The Labute approximate surface area is 107 Å². The molecule has 0 aliphatic carbocycles. The summed E-state index contributed by atoms with van der Waals surface area (Å²) < 4.78 is 0. The summed E-state index contributed by atoms with van der Waals surface area (Å²) >= 11 is 0. The molecule has 0 aliphatic rings. The zero-order valence-corrected chi connectivity index (χ0v) is 10.8. The lowest BCUT2D eigenvalue weighted by molar-refractivity contribution is -0.137. The van der Waals surface area contributed by atoms with Crippen LogP contribution in [-0.4, -0.2) is 17.0 Å². The molecule has 0 radical (unpaired) electrons. The second-order valence-corrected chi connectivity index (χ2v) is 4.45. The van der Waals surface area contributed by atoms with Crippen molar-refractivity contribution in [3.05, 3.63) is 34.9 Å². The van der Waals surface area contributed by atoms with E-state index in [0.717, 1.165) is 11.1 Å². The first kappa shape index (κ1) is 14.2. The predicted molar refractivity (Wildman–Crippen MR) is 69.2 cm³/mol. The molecule has 0 spiro atoms. The van der Waals surface area contributed by atoms with Crippen molar-refractivity contribution >= 4 is 11.9 Å². The van der Waals surface area contributed by atoms with Gasteiger partial charge in [0.25, 0.3) is 0 Å². The van der Waals surface area contributed by atoms with Gasteiger partial charge in [-0.25, -0.2) is 0 Å². The van der Waals surface area contributed by atoms with Gasteiger partial charge in [0.1, 0.15) is 0 Å². The molecule has 0 heterocycles. The van der Waals surface area contributed by atoms with Crippen molar-refractivity contribution in [1.82, 2.24) is 5.32 Å². The van der Waals surface area contributed by atoms with Crippen LogP contribution in [0, 0.1) is 13.8 Å². The van der Waals surface area contributed by atoms with Crippen molar-refractivity contribution in [2.24, 2.45) is 0 Å². The smallest absolute Gasteiger partial charge is 0.303 e. The van der Waals surface area contributed by atoms with E-state index in [0.29, 0.717) is 13.0 Å². The number of carboxylic acids is 1. The molecule has 1 amide bonds. The lowest BCUT2D eigenvalue weighted by Crippen LogP contribution is -2.23. The van der Waals surface area contributed by atoms with Crippen LogP contribution in [0.4, 0.5) is 0 Å². The average molecular weight is 249 g/mol. The SMILES string of the molecule is Cc1ccc(CNC(=O)CCCC(=O)O)c(C)c1. The topological polar surface area (TPSA) is 66.4 Å². The first-order chi connectivity index (χ1) is 8.49. The molecule has 1 aromatic rings. The van der Waals surface area contributed by atoms with E-state index in [1.807, 2.05) is 26.0 Å². The van der Waals surface area contributed by atoms with E-state index in [9.17, 15) is 9.59 Å². The Kier molecular flexibility index (Phi) is 5.36. The van der Waals surface area contributed by atoms with Crippen molar-refractivity contribution in [3.8, 4) is 0 Å². The fourth-order valence-electron chi connectivity index (χ4n) is 1.73. The van der Waals surface area contributed by atoms with E-state index >= 15 is 0 Å². The quantitative estimate of drug-likeness (QED) is 0.812. The standard InChI is InChI=1S/C14H19NO3/c1-10-6-7-12(11(2)8-10)9-15-13(16)4-3-5-14(17)18/h6-8H,3-5,9H2,1-2H3,(H,15,16)(H,17,18). The Morgan fingerprint density at radius 1 is 1.22 bits per heavy atom. The summed E-state index contributed by atoms with van der Waals surface area (Å²) in [6.45, 7) is 4.54. The van der Waals surface area contributed by atoms with Gasteiger partial charge in [0.2, 0.25) is 5.91 Å². The van der Waals surface area contributed by atoms with Gasteiger partial charge in [-0.1, -0.05) is 23.8 Å². The van der Waals surface area contributed by atoms with Gasteiger partial charge >= 0.3 is 5.97 Å². The fourth-order valence-corrected chi connectivity index (χ4v) is 1.73. The molecule has 0 saturated heterocycles. The molecular formula is C14H19NO3. The molecule has 0 unspecified atom stereocenters. The predicted octanol–water partition coefficient (Wildman–Crippen LogP) is 2.17. The number of carbonyl (C=O) groups is 2. The highest BCUT2D eigenvalue weighted by molar-refractivity contribution is 5.76. The molecule has 0 aromatic heterocycles.